The number of carbonyl (C=O) groups excluding carboxylic acids is 1. The predicted octanol–water partition coefficient (Wildman–Crippen LogP) is 0.396. The molecule has 1 rings (SSSR count). The van der Waals surface area contributed by atoms with E-state index < -0.39 is 0 Å². The van der Waals surface area contributed by atoms with Crippen molar-refractivity contribution in [1.29, 1.82) is 0 Å². The fraction of sp³-hybridized carbons (Fsp3) is 0.857. The molecule has 11 heavy (non-hydrogen) atoms. The summed E-state index contributed by atoms with van der Waals surface area (Å²) in [6.07, 6.45) is 0.995. The van der Waals surface area contributed by atoms with Gasteiger partial charge in [-0.05, 0) is 6.42 Å². The highest BCUT2D eigenvalue weighted by atomic mass is 16.5. The number of amides is 2. The molecular formula is C7H14N2O2. The molecule has 0 radical (unpaired) electrons. The lowest BCUT2D eigenvalue weighted by Gasteiger charge is -2.13. The fourth-order valence-corrected chi connectivity index (χ4v) is 0.953. The molecular weight excluding hydrogens is 144 g/mol. The van der Waals surface area contributed by atoms with Crippen LogP contribution < -0.4 is 5.32 Å². The van der Waals surface area contributed by atoms with Crippen molar-refractivity contribution in [1.82, 2.24) is 10.2 Å². The van der Waals surface area contributed by atoms with Gasteiger partial charge in [0.25, 0.3) is 0 Å². The summed E-state index contributed by atoms with van der Waals surface area (Å²) in [5, 5.41) is 2.70. The minimum Gasteiger partial charge on any atom is -0.361 e. The molecule has 1 aliphatic heterocycles. The van der Waals surface area contributed by atoms with Crippen LogP contribution in [0, 0.1) is 0 Å². The molecule has 1 heterocycles. The van der Waals surface area contributed by atoms with Crippen LogP contribution in [-0.2, 0) is 4.74 Å². The number of urea groups is 1. The molecule has 0 aromatic heterocycles. The van der Waals surface area contributed by atoms with Crippen LogP contribution in [0.15, 0.2) is 0 Å². The van der Waals surface area contributed by atoms with E-state index in [2.05, 4.69) is 5.32 Å². The van der Waals surface area contributed by atoms with Crippen LogP contribution in [0.4, 0.5) is 4.79 Å². The first-order valence-electron chi connectivity index (χ1n) is 3.95. The molecule has 1 fully saturated rings. The van der Waals surface area contributed by atoms with E-state index in [1.54, 1.807) is 4.90 Å². The molecule has 0 unspecified atom stereocenters. The summed E-state index contributed by atoms with van der Waals surface area (Å²) in [5.74, 6) is 0. The zero-order chi connectivity index (χ0) is 8.10. The average Bonchev–Trinajstić information content (AvgIpc) is 2.37. The average molecular weight is 158 g/mol. The van der Waals surface area contributed by atoms with Crippen molar-refractivity contribution >= 4 is 6.03 Å². The largest absolute Gasteiger partial charge is 0.361 e. The first kappa shape index (κ1) is 8.33. The van der Waals surface area contributed by atoms with Crippen LogP contribution in [0.3, 0.4) is 0 Å². The molecule has 0 atom stereocenters. The number of ether oxygens (including phenoxy) is 1. The van der Waals surface area contributed by atoms with E-state index >= 15 is 0 Å². The smallest absolute Gasteiger partial charge is 0.319 e. The second kappa shape index (κ2) is 4.18. The number of nitrogens with zero attached hydrogens (tertiary/aromatic N) is 1. The number of nitrogens with one attached hydrogen (secondary N) is 1. The Hall–Kier alpha value is -0.770. The third-order valence-corrected chi connectivity index (χ3v) is 1.54. The van der Waals surface area contributed by atoms with Gasteiger partial charge in [-0.15, -0.1) is 0 Å². The van der Waals surface area contributed by atoms with Crippen LogP contribution >= 0.6 is 0 Å². The lowest BCUT2D eigenvalue weighted by Crippen LogP contribution is -2.30. The maximum absolute atomic E-state index is 10.9. The van der Waals surface area contributed by atoms with Crippen molar-refractivity contribution in [2.45, 2.75) is 13.3 Å². The van der Waals surface area contributed by atoms with Crippen LogP contribution in [0.5, 0.6) is 0 Å². The Morgan fingerprint density at radius 1 is 1.73 bits per heavy atom. The quantitative estimate of drug-likeness (QED) is 0.601. The normalized spacial score (nSPS) is 17.2. The van der Waals surface area contributed by atoms with Gasteiger partial charge in [-0.25, -0.2) is 4.79 Å². The molecule has 4 nitrogen and oxygen atoms in total. The molecule has 1 saturated heterocycles. The SMILES string of the molecule is CCCOCN1CCNC1=O. The molecule has 2 amide bonds. The van der Waals surface area contributed by atoms with E-state index in [0.29, 0.717) is 6.73 Å². The van der Waals surface area contributed by atoms with Crippen molar-refractivity contribution in [2.75, 3.05) is 26.4 Å². The topological polar surface area (TPSA) is 41.6 Å². The lowest BCUT2D eigenvalue weighted by atomic mass is 10.5. The van der Waals surface area contributed by atoms with Gasteiger partial charge < -0.3 is 10.1 Å². The van der Waals surface area contributed by atoms with Gasteiger partial charge in [0.1, 0.15) is 6.73 Å². The molecule has 0 aromatic rings. The summed E-state index contributed by atoms with van der Waals surface area (Å²) in [6, 6.07) is -0.0129. The number of rotatable bonds is 4. The van der Waals surface area contributed by atoms with E-state index in [4.69, 9.17) is 4.74 Å². The van der Waals surface area contributed by atoms with Gasteiger partial charge in [0.05, 0.1) is 0 Å². The third kappa shape index (κ3) is 2.38. The first-order valence-corrected chi connectivity index (χ1v) is 3.95. The molecule has 0 aliphatic carbocycles. The van der Waals surface area contributed by atoms with E-state index in [0.717, 1.165) is 26.1 Å². The van der Waals surface area contributed by atoms with Crippen molar-refractivity contribution in [3.63, 3.8) is 0 Å². The summed E-state index contributed by atoms with van der Waals surface area (Å²) < 4.78 is 5.20. The second-order valence-corrected chi connectivity index (χ2v) is 2.53. The molecule has 0 aromatic carbocycles. The maximum atomic E-state index is 10.9. The highest BCUT2D eigenvalue weighted by molar-refractivity contribution is 5.75. The summed E-state index contributed by atoms with van der Waals surface area (Å²) >= 11 is 0. The van der Waals surface area contributed by atoms with E-state index in [9.17, 15) is 4.79 Å². The molecule has 1 N–H and O–H groups in total. The first-order chi connectivity index (χ1) is 5.34. The monoisotopic (exact) mass is 158 g/mol. The van der Waals surface area contributed by atoms with Gasteiger partial charge in [0.2, 0.25) is 0 Å². The lowest BCUT2D eigenvalue weighted by molar-refractivity contribution is 0.0583. The second-order valence-electron chi connectivity index (χ2n) is 2.53. The molecule has 0 saturated carbocycles. The zero-order valence-electron chi connectivity index (χ0n) is 6.80. The van der Waals surface area contributed by atoms with Crippen molar-refractivity contribution in [2.24, 2.45) is 0 Å². The molecule has 0 bridgehead atoms. The van der Waals surface area contributed by atoms with Crippen LogP contribution in [0.25, 0.3) is 0 Å². The minimum atomic E-state index is -0.0129. The Balaban J connectivity index is 2.10. The minimum absolute atomic E-state index is 0.0129. The van der Waals surface area contributed by atoms with Gasteiger partial charge in [0.15, 0.2) is 0 Å². The summed E-state index contributed by atoms with van der Waals surface area (Å²) in [6.45, 7) is 4.71. The highest BCUT2D eigenvalue weighted by Gasteiger charge is 2.18. The van der Waals surface area contributed by atoms with E-state index in [1.165, 1.54) is 0 Å². The van der Waals surface area contributed by atoms with E-state index in [-0.39, 0.29) is 6.03 Å². The van der Waals surface area contributed by atoms with E-state index in [1.807, 2.05) is 6.92 Å². The standard InChI is InChI=1S/C7H14N2O2/c1-2-5-11-6-9-4-3-8-7(9)10/h2-6H2,1H3,(H,8,10). The fourth-order valence-electron chi connectivity index (χ4n) is 0.953. The van der Waals surface area contributed by atoms with Crippen molar-refractivity contribution in [3.8, 4) is 0 Å². The number of hydrogen-bond donors (Lipinski definition) is 1. The Kier molecular flexibility index (Phi) is 3.16. The zero-order valence-corrected chi connectivity index (χ0v) is 6.80. The Labute approximate surface area is 66.5 Å². The van der Waals surface area contributed by atoms with Crippen LogP contribution in [0.1, 0.15) is 13.3 Å². The number of carbonyl (C=O) groups is 1. The van der Waals surface area contributed by atoms with Crippen molar-refractivity contribution < 1.29 is 9.53 Å². The summed E-state index contributed by atoms with van der Waals surface area (Å²) in [5.41, 5.74) is 0. The molecule has 4 heteroatoms. The van der Waals surface area contributed by atoms with Gasteiger partial charge in [-0.3, -0.25) is 4.90 Å². The molecule has 0 spiro atoms. The number of hydrogen-bond acceptors (Lipinski definition) is 2. The Bertz CT molecular complexity index is 138. The van der Waals surface area contributed by atoms with Crippen LogP contribution in [-0.4, -0.2) is 37.4 Å². The van der Waals surface area contributed by atoms with Crippen LogP contribution in [0.2, 0.25) is 0 Å². The van der Waals surface area contributed by atoms with Gasteiger partial charge in [0, 0.05) is 19.7 Å². The van der Waals surface area contributed by atoms with Crippen molar-refractivity contribution in [3.05, 3.63) is 0 Å². The van der Waals surface area contributed by atoms with Gasteiger partial charge in [-0.2, -0.15) is 0 Å². The van der Waals surface area contributed by atoms with Gasteiger partial charge >= 0.3 is 6.03 Å². The highest BCUT2D eigenvalue weighted by Crippen LogP contribution is 1.96. The summed E-state index contributed by atoms with van der Waals surface area (Å²) in [4.78, 5) is 12.6. The third-order valence-electron chi connectivity index (χ3n) is 1.54. The Morgan fingerprint density at radius 2 is 2.55 bits per heavy atom. The molecule has 1 aliphatic rings. The summed E-state index contributed by atoms with van der Waals surface area (Å²) in [7, 11) is 0. The molecule has 64 valence electrons. The Morgan fingerprint density at radius 3 is 3.09 bits per heavy atom. The van der Waals surface area contributed by atoms with Gasteiger partial charge in [-0.1, -0.05) is 6.92 Å². The maximum Gasteiger partial charge on any atom is 0.319 e. The predicted molar refractivity (Wildman–Crippen MR) is 41.2 cm³/mol.